The molecule has 0 unspecified atom stereocenters. The Morgan fingerprint density at radius 2 is 1.85 bits per heavy atom. The van der Waals surface area contributed by atoms with Crippen molar-refractivity contribution in [1.29, 1.82) is 0 Å². The number of ketones is 2. The summed E-state index contributed by atoms with van der Waals surface area (Å²) >= 11 is 0. The van der Waals surface area contributed by atoms with E-state index in [0.29, 0.717) is 0 Å². The van der Waals surface area contributed by atoms with Gasteiger partial charge in [-0.2, -0.15) is 0 Å². The van der Waals surface area contributed by atoms with E-state index >= 15 is 0 Å². The van der Waals surface area contributed by atoms with Gasteiger partial charge in [-0.05, 0) is 13.0 Å². The first kappa shape index (κ1) is 27.5. The Balaban J connectivity index is 1.68. The number of carbonyl (C=O) groups excluding carboxylic acids is 2. The minimum atomic E-state index is -2.05. The van der Waals surface area contributed by atoms with E-state index in [-0.39, 0.29) is 40.8 Å². The average Bonchev–Trinajstić information content (AvgIpc) is 2.90. The Labute approximate surface area is 223 Å². The number of phenols is 2. The third-order valence-electron chi connectivity index (χ3n) is 7.97. The predicted molar refractivity (Wildman–Crippen MR) is 133 cm³/mol. The van der Waals surface area contributed by atoms with Crippen LogP contribution in [0.4, 0.5) is 0 Å². The van der Waals surface area contributed by atoms with E-state index in [1.165, 1.54) is 25.3 Å². The zero-order valence-electron chi connectivity index (χ0n) is 21.3. The number of aliphatic hydroxyl groups excluding tert-OH is 3. The fourth-order valence-electron chi connectivity index (χ4n) is 5.84. The van der Waals surface area contributed by atoms with Gasteiger partial charge >= 0.3 is 0 Å². The summed E-state index contributed by atoms with van der Waals surface area (Å²) in [4.78, 5) is 27.2. The molecule has 2 aromatic rings. The molecule has 39 heavy (non-hydrogen) atoms. The number of ether oxygens (including phenoxy) is 3. The normalized spacial score (nSPS) is 30.8. The van der Waals surface area contributed by atoms with Crippen LogP contribution < -0.4 is 10.5 Å². The predicted octanol–water partition coefficient (Wildman–Crippen LogP) is -0.207. The molecule has 8 N–H and O–H groups in total. The molecule has 1 heterocycles. The van der Waals surface area contributed by atoms with Crippen molar-refractivity contribution in [3.63, 3.8) is 0 Å². The van der Waals surface area contributed by atoms with Gasteiger partial charge in [-0.25, -0.2) is 0 Å². The molecule has 1 fully saturated rings. The first-order valence-electron chi connectivity index (χ1n) is 12.6. The van der Waals surface area contributed by atoms with Gasteiger partial charge in [0.05, 0.1) is 54.3 Å². The molecule has 1 aliphatic heterocycles. The molecule has 0 radical (unpaired) electrons. The van der Waals surface area contributed by atoms with Gasteiger partial charge in [0.2, 0.25) is 5.78 Å². The number of fused-ring (bicyclic) bond motifs is 3. The number of aromatic hydroxyl groups is 2. The number of nitrogens with two attached hydrogens (primary N) is 1. The van der Waals surface area contributed by atoms with Crippen LogP contribution in [0.25, 0.3) is 0 Å². The molecule has 12 nitrogen and oxygen atoms in total. The molecule has 2 aromatic carbocycles. The molecule has 0 amide bonds. The number of rotatable bonds is 5. The second-order valence-electron chi connectivity index (χ2n) is 10.3. The standard InChI is InChI=1S/C27H31NO11/c1-10-22(31)13(28)6-17(38-10)39-15-8-27(36,16(30)9-29)7-12-19(15)26(35)21-20(24(12)33)23(32)11-4-3-5-14(37-2)18(11)25(21)34/h3-5,10,13,15-17,22,29-31,33,35-36H,6-9,28H2,1-2H3/t10-,13-,15-,16+,17+,22-,27-/m0/s1. The number of benzene rings is 2. The summed E-state index contributed by atoms with van der Waals surface area (Å²) in [5.41, 5.74) is 2.77. The van der Waals surface area contributed by atoms with Crippen molar-refractivity contribution in [2.75, 3.05) is 13.7 Å². The van der Waals surface area contributed by atoms with Crippen LogP contribution in [0.2, 0.25) is 0 Å². The minimum absolute atomic E-state index is 0.0343. The van der Waals surface area contributed by atoms with Crippen LogP contribution in [-0.4, -0.2) is 92.2 Å². The van der Waals surface area contributed by atoms with Crippen molar-refractivity contribution >= 4 is 11.6 Å². The summed E-state index contributed by atoms with van der Waals surface area (Å²) < 4.78 is 17.1. The van der Waals surface area contributed by atoms with Gasteiger partial charge in [-0.1, -0.05) is 12.1 Å². The molecule has 0 spiro atoms. The number of phenolic OH excluding ortho intramolecular Hbond substituents is 2. The topological polar surface area (TPSA) is 209 Å². The molecule has 0 aromatic heterocycles. The van der Waals surface area contributed by atoms with Gasteiger partial charge in [0.1, 0.15) is 23.4 Å². The van der Waals surface area contributed by atoms with Crippen LogP contribution in [0.5, 0.6) is 17.2 Å². The summed E-state index contributed by atoms with van der Waals surface area (Å²) in [6, 6.07) is 3.69. The number of hydrogen-bond donors (Lipinski definition) is 7. The zero-order chi connectivity index (χ0) is 28.4. The molecule has 5 rings (SSSR count). The van der Waals surface area contributed by atoms with Crippen molar-refractivity contribution in [2.24, 2.45) is 5.73 Å². The van der Waals surface area contributed by atoms with Gasteiger partial charge in [0, 0.05) is 42.0 Å². The third kappa shape index (κ3) is 4.19. The second-order valence-corrected chi connectivity index (χ2v) is 10.3. The summed E-state index contributed by atoms with van der Waals surface area (Å²) in [5.74, 6) is -2.68. The first-order valence-corrected chi connectivity index (χ1v) is 12.6. The smallest absolute Gasteiger partial charge is 0.202 e. The molecule has 0 saturated carbocycles. The Hall–Kier alpha value is -3.10. The lowest BCUT2D eigenvalue weighted by atomic mass is 9.71. The highest BCUT2D eigenvalue weighted by atomic mass is 16.7. The van der Waals surface area contributed by atoms with Gasteiger partial charge in [-0.3, -0.25) is 9.59 Å². The Bertz CT molecular complexity index is 1330. The Kier molecular flexibility index (Phi) is 6.92. The lowest BCUT2D eigenvalue weighted by Gasteiger charge is -2.44. The molecule has 12 heteroatoms. The fraction of sp³-hybridized carbons (Fsp3) is 0.481. The largest absolute Gasteiger partial charge is 0.507 e. The van der Waals surface area contributed by atoms with Crippen molar-refractivity contribution in [1.82, 2.24) is 0 Å². The molecule has 2 aliphatic carbocycles. The van der Waals surface area contributed by atoms with Gasteiger partial charge < -0.3 is 50.6 Å². The van der Waals surface area contributed by atoms with Crippen LogP contribution in [0.15, 0.2) is 18.2 Å². The molecular formula is C27H31NO11. The molecule has 210 valence electrons. The molecule has 0 bridgehead atoms. The van der Waals surface area contributed by atoms with Crippen molar-refractivity contribution in [3.05, 3.63) is 51.6 Å². The maximum atomic E-state index is 13.7. The molecule has 7 atom stereocenters. The minimum Gasteiger partial charge on any atom is -0.507 e. The van der Waals surface area contributed by atoms with Crippen LogP contribution in [-0.2, 0) is 15.9 Å². The highest BCUT2D eigenvalue weighted by molar-refractivity contribution is 6.31. The van der Waals surface area contributed by atoms with Crippen molar-refractivity contribution in [2.45, 2.75) is 68.5 Å². The van der Waals surface area contributed by atoms with Crippen LogP contribution in [0.3, 0.4) is 0 Å². The third-order valence-corrected chi connectivity index (χ3v) is 7.97. The number of aliphatic hydroxyl groups is 4. The summed E-state index contributed by atoms with van der Waals surface area (Å²) in [5, 5.41) is 64.4. The van der Waals surface area contributed by atoms with E-state index < -0.39 is 89.6 Å². The number of hydrogen-bond acceptors (Lipinski definition) is 12. The fourth-order valence-corrected chi connectivity index (χ4v) is 5.84. The quantitative estimate of drug-likeness (QED) is 0.208. The van der Waals surface area contributed by atoms with Crippen molar-refractivity contribution < 1.29 is 54.4 Å². The van der Waals surface area contributed by atoms with Crippen LogP contribution in [0, 0.1) is 0 Å². The zero-order valence-corrected chi connectivity index (χ0v) is 21.3. The maximum Gasteiger partial charge on any atom is 0.202 e. The Morgan fingerprint density at radius 1 is 1.15 bits per heavy atom. The van der Waals surface area contributed by atoms with E-state index in [4.69, 9.17) is 19.9 Å². The van der Waals surface area contributed by atoms with E-state index in [9.17, 15) is 40.2 Å². The lowest BCUT2D eigenvalue weighted by Crippen LogP contribution is -2.53. The summed E-state index contributed by atoms with van der Waals surface area (Å²) in [7, 11) is 1.33. The van der Waals surface area contributed by atoms with E-state index in [2.05, 4.69) is 0 Å². The van der Waals surface area contributed by atoms with E-state index in [1.807, 2.05) is 0 Å². The van der Waals surface area contributed by atoms with E-state index in [1.54, 1.807) is 6.92 Å². The monoisotopic (exact) mass is 545 g/mol. The van der Waals surface area contributed by atoms with Crippen molar-refractivity contribution in [3.8, 4) is 17.2 Å². The van der Waals surface area contributed by atoms with E-state index in [0.717, 1.165) is 0 Å². The van der Waals surface area contributed by atoms with Crippen LogP contribution in [0.1, 0.15) is 68.8 Å². The first-order chi connectivity index (χ1) is 18.4. The molecular weight excluding hydrogens is 514 g/mol. The van der Waals surface area contributed by atoms with Gasteiger partial charge in [0.25, 0.3) is 0 Å². The van der Waals surface area contributed by atoms with Gasteiger partial charge in [-0.15, -0.1) is 0 Å². The molecule has 1 saturated heterocycles. The summed E-state index contributed by atoms with van der Waals surface area (Å²) in [6.07, 6.45) is -6.45. The number of methoxy groups -OCH3 is 1. The van der Waals surface area contributed by atoms with Crippen LogP contribution >= 0.6 is 0 Å². The highest BCUT2D eigenvalue weighted by Gasteiger charge is 2.50. The maximum absolute atomic E-state index is 13.7. The summed E-state index contributed by atoms with van der Waals surface area (Å²) in [6.45, 7) is 0.768. The Morgan fingerprint density at radius 3 is 2.49 bits per heavy atom. The second kappa shape index (κ2) is 9.82. The number of carbonyl (C=O) groups is 2. The average molecular weight is 546 g/mol. The highest BCUT2D eigenvalue weighted by Crippen LogP contribution is 2.52. The van der Waals surface area contributed by atoms with Gasteiger partial charge in [0.15, 0.2) is 12.1 Å². The molecule has 3 aliphatic rings. The lowest BCUT2D eigenvalue weighted by molar-refractivity contribution is -0.251. The SMILES string of the molecule is COc1cccc2c1C(=O)c1c(O)c3c(c(O)c1C2=O)C[C@@](O)([C@H](O)CO)C[C@@H]3O[C@@H]1C[C@H](N)[C@@H](O)[C@H](C)O1.